The number of aromatic amines is 1. The Hall–Kier alpha value is -1.50. The van der Waals surface area contributed by atoms with Gasteiger partial charge in [0.25, 0.3) is 5.95 Å². The fourth-order valence-corrected chi connectivity index (χ4v) is 0.706. The van der Waals surface area contributed by atoms with Crippen LogP contribution in [0.4, 0.5) is 10.1 Å². The number of nitrogens with one attached hydrogen (secondary N) is 1. The molecule has 4 heteroatoms. The lowest BCUT2D eigenvalue weighted by Gasteiger charge is -1.90. The molecule has 0 radical (unpaired) electrons. The Balaban J connectivity index is 2.99. The van der Waals surface area contributed by atoms with Crippen molar-refractivity contribution in [2.75, 3.05) is 5.73 Å². The van der Waals surface area contributed by atoms with Crippen molar-refractivity contribution in [2.24, 2.45) is 0 Å². The van der Waals surface area contributed by atoms with E-state index in [4.69, 9.17) is 12.2 Å². The van der Waals surface area contributed by atoms with Crippen LogP contribution < -0.4 is 10.4 Å². The van der Waals surface area contributed by atoms with Crippen LogP contribution in [0, 0.1) is 18.3 Å². The van der Waals surface area contributed by atoms with E-state index in [1.54, 1.807) is 6.92 Å². The molecule has 11 heavy (non-hydrogen) atoms. The second kappa shape index (κ2) is 2.62. The average molecular weight is 154 g/mol. The van der Waals surface area contributed by atoms with Gasteiger partial charge in [0.1, 0.15) is 0 Å². The van der Waals surface area contributed by atoms with E-state index in [0.29, 0.717) is 0 Å². The van der Waals surface area contributed by atoms with Crippen LogP contribution in [0.15, 0.2) is 6.20 Å². The van der Waals surface area contributed by atoms with Crippen LogP contribution in [0.5, 0.6) is 0 Å². The summed E-state index contributed by atoms with van der Waals surface area (Å²) in [5.74, 6) is 1.88. The highest BCUT2D eigenvalue weighted by molar-refractivity contribution is 5.29. The molecule has 0 aliphatic carbocycles. The van der Waals surface area contributed by atoms with Gasteiger partial charge in [-0.15, -0.1) is 11.5 Å². The maximum atomic E-state index is 12.6. The number of rotatable bonds is 1. The molecule has 0 fully saturated rings. The summed E-state index contributed by atoms with van der Waals surface area (Å²) in [6, 6.07) is -0.207. The summed E-state index contributed by atoms with van der Waals surface area (Å²) >= 11 is 0. The lowest BCUT2D eigenvalue weighted by atomic mass is 10.4. The van der Waals surface area contributed by atoms with Crippen LogP contribution in [-0.2, 0) is 0 Å². The van der Waals surface area contributed by atoms with Crippen molar-refractivity contribution in [3.05, 3.63) is 12.1 Å². The Morgan fingerprint density at radius 1 is 1.91 bits per heavy atom. The molecule has 1 rings (SSSR count). The Morgan fingerprint density at radius 2 is 2.55 bits per heavy atom. The van der Waals surface area contributed by atoms with Gasteiger partial charge in [0, 0.05) is 6.92 Å². The summed E-state index contributed by atoms with van der Waals surface area (Å²) in [6.45, 7) is 1.76. The number of terminal acetylenes is 1. The van der Waals surface area contributed by atoms with Crippen molar-refractivity contribution in [3.8, 4) is 12.3 Å². The van der Waals surface area contributed by atoms with E-state index in [0.717, 1.165) is 0 Å². The highest BCUT2D eigenvalue weighted by Crippen LogP contribution is 2.02. The maximum absolute atomic E-state index is 12.6. The van der Waals surface area contributed by atoms with E-state index < -0.39 is 5.95 Å². The Kier molecular flexibility index (Phi) is 1.81. The fourth-order valence-electron chi connectivity index (χ4n) is 0.706. The first-order valence-corrected chi connectivity index (χ1v) is 3.16. The van der Waals surface area contributed by atoms with Gasteiger partial charge in [0.15, 0.2) is 5.69 Å². The molecule has 0 spiro atoms. The summed E-state index contributed by atoms with van der Waals surface area (Å²) in [5, 5.41) is 2.38. The summed E-state index contributed by atoms with van der Waals surface area (Å²) in [6.07, 6.45) is 6.54. The topological polar surface area (TPSA) is 45.7 Å². The molecule has 1 aromatic heterocycles. The molecule has 1 atom stereocenters. The minimum absolute atomic E-state index is 0.0760. The van der Waals surface area contributed by atoms with Gasteiger partial charge < -0.3 is 5.73 Å². The lowest BCUT2D eigenvalue weighted by Crippen LogP contribution is -2.38. The van der Waals surface area contributed by atoms with Gasteiger partial charge in [-0.25, -0.2) is 0 Å². The van der Waals surface area contributed by atoms with E-state index in [9.17, 15) is 4.39 Å². The molecule has 0 aromatic carbocycles. The number of nitrogen functional groups attached to an aromatic ring is 1. The predicted octanol–water partition coefficient (Wildman–Crippen LogP) is 0.218. The molecule has 3 N–H and O–H groups in total. The van der Waals surface area contributed by atoms with E-state index in [2.05, 4.69) is 11.0 Å². The van der Waals surface area contributed by atoms with Crippen LogP contribution in [0.3, 0.4) is 0 Å². The smallest absolute Gasteiger partial charge is 0.271 e. The van der Waals surface area contributed by atoms with Crippen molar-refractivity contribution in [1.29, 1.82) is 0 Å². The van der Waals surface area contributed by atoms with E-state index in [-0.39, 0.29) is 11.7 Å². The largest absolute Gasteiger partial charge is 0.390 e. The van der Waals surface area contributed by atoms with Crippen molar-refractivity contribution < 1.29 is 9.07 Å². The molecular weight excluding hydrogens is 145 g/mol. The standard InChI is InChI=1S/C7H8FN3/c1-3-5(2)11-4-6(9)7(8)10-11/h1,4-5H,9H2,2H3/p+1. The molecule has 3 nitrogen and oxygen atoms in total. The summed E-state index contributed by atoms with van der Waals surface area (Å²) in [7, 11) is 0. The molecule has 0 saturated carbocycles. The third-order valence-corrected chi connectivity index (χ3v) is 1.42. The zero-order valence-electron chi connectivity index (χ0n) is 6.13. The first-order valence-electron chi connectivity index (χ1n) is 3.16. The van der Waals surface area contributed by atoms with Gasteiger partial charge in [0.05, 0.1) is 0 Å². The van der Waals surface area contributed by atoms with Crippen molar-refractivity contribution in [1.82, 2.24) is 5.10 Å². The van der Waals surface area contributed by atoms with Gasteiger partial charge in [0.2, 0.25) is 12.2 Å². The number of H-pyrrole nitrogens is 1. The molecular formula is C7H9FN3+. The van der Waals surface area contributed by atoms with Gasteiger partial charge in [-0.3, -0.25) is 0 Å². The Labute approximate surface area is 64.0 Å². The number of anilines is 1. The number of hydrogen-bond donors (Lipinski definition) is 2. The SMILES string of the molecule is C#CC(C)[n+]1cc(N)c(F)[nH]1. The van der Waals surface area contributed by atoms with E-state index in [1.807, 2.05) is 0 Å². The second-order valence-electron chi connectivity index (χ2n) is 2.26. The first-order chi connectivity index (χ1) is 5.15. The lowest BCUT2D eigenvalue weighted by molar-refractivity contribution is -0.760. The number of aromatic nitrogens is 2. The van der Waals surface area contributed by atoms with Crippen molar-refractivity contribution >= 4 is 5.69 Å². The van der Waals surface area contributed by atoms with Gasteiger partial charge in [-0.1, -0.05) is 4.68 Å². The molecule has 0 bridgehead atoms. The van der Waals surface area contributed by atoms with Crippen molar-refractivity contribution in [3.63, 3.8) is 0 Å². The molecule has 0 amide bonds. The third-order valence-electron chi connectivity index (χ3n) is 1.42. The number of nitrogens with zero attached hydrogens (tertiary/aromatic N) is 1. The normalized spacial score (nSPS) is 12.5. The van der Waals surface area contributed by atoms with Crippen LogP contribution >= 0.6 is 0 Å². The zero-order valence-corrected chi connectivity index (χ0v) is 6.13. The first kappa shape index (κ1) is 7.61. The molecule has 0 aliphatic heterocycles. The number of hydrogen-bond acceptors (Lipinski definition) is 1. The van der Waals surface area contributed by atoms with E-state index >= 15 is 0 Å². The molecule has 1 aromatic rings. The summed E-state index contributed by atoms with van der Waals surface area (Å²) in [4.78, 5) is 0. The minimum Gasteiger partial charge on any atom is -0.390 e. The van der Waals surface area contributed by atoms with Gasteiger partial charge >= 0.3 is 0 Å². The van der Waals surface area contributed by atoms with Crippen LogP contribution in [0.2, 0.25) is 0 Å². The molecule has 0 saturated heterocycles. The van der Waals surface area contributed by atoms with Gasteiger partial charge in [-0.2, -0.15) is 4.39 Å². The van der Waals surface area contributed by atoms with Crippen LogP contribution in [0.25, 0.3) is 0 Å². The summed E-state index contributed by atoms with van der Waals surface area (Å²) in [5.41, 5.74) is 5.31. The highest BCUT2D eigenvalue weighted by atomic mass is 19.1. The average Bonchev–Trinajstić information content (AvgIpc) is 2.31. The van der Waals surface area contributed by atoms with E-state index in [1.165, 1.54) is 10.9 Å². The number of halogens is 1. The minimum atomic E-state index is -0.549. The Bertz CT molecular complexity index is 278. The Morgan fingerprint density at radius 3 is 2.91 bits per heavy atom. The highest BCUT2D eigenvalue weighted by Gasteiger charge is 2.15. The second-order valence-corrected chi connectivity index (χ2v) is 2.26. The monoisotopic (exact) mass is 154 g/mol. The zero-order chi connectivity index (χ0) is 8.43. The summed E-state index contributed by atoms with van der Waals surface area (Å²) < 4.78 is 14.0. The quantitative estimate of drug-likeness (QED) is 0.441. The molecule has 1 heterocycles. The molecule has 58 valence electrons. The van der Waals surface area contributed by atoms with Gasteiger partial charge in [-0.05, 0) is 5.92 Å². The molecule has 0 aliphatic rings. The number of nitrogens with two attached hydrogens (primary N) is 1. The predicted molar refractivity (Wildman–Crippen MR) is 38.9 cm³/mol. The van der Waals surface area contributed by atoms with Crippen LogP contribution in [-0.4, -0.2) is 5.10 Å². The molecule has 1 unspecified atom stereocenters. The van der Waals surface area contributed by atoms with Crippen molar-refractivity contribution in [2.45, 2.75) is 13.0 Å². The fraction of sp³-hybridized carbons (Fsp3) is 0.286. The maximum Gasteiger partial charge on any atom is 0.271 e. The van der Waals surface area contributed by atoms with Crippen LogP contribution in [0.1, 0.15) is 13.0 Å². The third kappa shape index (κ3) is 1.32.